The fourth-order valence-corrected chi connectivity index (χ4v) is 2.14. The van der Waals surface area contributed by atoms with Crippen LogP contribution in [0.1, 0.15) is 28.6 Å². The Labute approximate surface area is 111 Å². The van der Waals surface area contributed by atoms with E-state index in [2.05, 4.69) is 15.5 Å². The third-order valence-corrected chi connectivity index (χ3v) is 3.05. The molecule has 0 radical (unpaired) electrons. The van der Waals surface area contributed by atoms with E-state index in [1.165, 1.54) is 0 Å². The quantitative estimate of drug-likeness (QED) is 0.788. The van der Waals surface area contributed by atoms with E-state index in [4.69, 9.17) is 0 Å². The summed E-state index contributed by atoms with van der Waals surface area (Å²) in [4.78, 5) is 11.5. The molecule has 3 N–H and O–H groups in total. The molecule has 1 unspecified atom stereocenters. The number of H-pyrrole nitrogens is 1. The Morgan fingerprint density at radius 3 is 2.63 bits per heavy atom. The van der Waals surface area contributed by atoms with Crippen molar-refractivity contribution < 1.29 is 9.90 Å². The van der Waals surface area contributed by atoms with Gasteiger partial charge in [-0.1, -0.05) is 12.1 Å². The predicted molar refractivity (Wildman–Crippen MR) is 73.2 cm³/mol. The summed E-state index contributed by atoms with van der Waals surface area (Å²) in [5.74, 6) is -0.922. The molecule has 1 atom stereocenters. The summed E-state index contributed by atoms with van der Waals surface area (Å²) in [6.45, 7) is 5.59. The molecule has 0 amide bonds. The molecule has 0 spiro atoms. The average molecular weight is 259 g/mol. The van der Waals surface area contributed by atoms with Crippen LogP contribution in [0, 0.1) is 20.8 Å². The van der Waals surface area contributed by atoms with Gasteiger partial charge in [0.15, 0.2) is 6.04 Å². The highest BCUT2D eigenvalue weighted by Crippen LogP contribution is 2.24. The predicted octanol–water partition coefficient (Wildman–Crippen LogP) is 2.57. The highest BCUT2D eigenvalue weighted by molar-refractivity contribution is 5.80. The first-order valence-electron chi connectivity index (χ1n) is 6.06. The average Bonchev–Trinajstić information content (AvgIpc) is 2.66. The smallest absolute Gasteiger partial charge is 0.330 e. The summed E-state index contributed by atoms with van der Waals surface area (Å²) < 4.78 is 0. The van der Waals surface area contributed by atoms with Crippen molar-refractivity contribution in [2.24, 2.45) is 0 Å². The largest absolute Gasteiger partial charge is 0.479 e. The Bertz CT molecular complexity index is 585. The highest BCUT2D eigenvalue weighted by Gasteiger charge is 2.25. The molecule has 5 heteroatoms. The molecule has 2 rings (SSSR count). The molecule has 0 aliphatic heterocycles. The lowest BCUT2D eigenvalue weighted by Crippen LogP contribution is -2.21. The SMILES string of the molecule is Cc1cccc(NC(C(=O)O)c2c(C)n[nH]c2C)c1. The zero-order valence-corrected chi connectivity index (χ0v) is 11.2. The summed E-state index contributed by atoms with van der Waals surface area (Å²) in [6, 6.07) is 6.83. The Morgan fingerprint density at radius 1 is 1.37 bits per heavy atom. The second kappa shape index (κ2) is 5.14. The van der Waals surface area contributed by atoms with Crippen molar-refractivity contribution in [3.8, 4) is 0 Å². The van der Waals surface area contributed by atoms with Gasteiger partial charge in [0.05, 0.1) is 5.69 Å². The van der Waals surface area contributed by atoms with E-state index in [-0.39, 0.29) is 0 Å². The van der Waals surface area contributed by atoms with Crippen molar-refractivity contribution in [3.63, 3.8) is 0 Å². The number of aryl methyl sites for hydroxylation is 3. The van der Waals surface area contributed by atoms with Crippen molar-refractivity contribution in [1.29, 1.82) is 0 Å². The van der Waals surface area contributed by atoms with Crippen LogP contribution in [0.5, 0.6) is 0 Å². The molecule has 19 heavy (non-hydrogen) atoms. The molecule has 0 saturated heterocycles. The highest BCUT2D eigenvalue weighted by atomic mass is 16.4. The minimum Gasteiger partial charge on any atom is -0.479 e. The van der Waals surface area contributed by atoms with Crippen molar-refractivity contribution in [3.05, 3.63) is 46.8 Å². The van der Waals surface area contributed by atoms with Gasteiger partial charge in [-0.15, -0.1) is 0 Å². The topological polar surface area (TPSA) is 78.0 Å². The van der Waals surface area contributed by atoms with Crippen LogP contribution in [-0.2, 0) is 4.79 Å². The molecule has 0 saturated carbocycles. The zero-order chi connectivity index (χ0) is 14.0. The van der Waals surface area contributed by atoms with Crippen molar-refractivity contribution >= 4 is 11.7 Å². The summed E-state index contributed by atoms with van der Waals surface area (Å²) >= 11 is 0. The first kappa shape index (κ1) is 13.1. The van der Waals surface area contributed by atoms with Crippen molar-refractivity contribution in [2.45, 2.75) is 26.8 Å². The molecular weight excluding hydrogens is 242 g/mol. The van der Waals surface area contributed by atoms with Gasteiger partial charge in [0.25, 0.3) is 0 Å². The zero-order valence-electron chi connectivity index (χ0n) is 11.2. The van der Waals surface area contributed by atoms with E-state index < -0.39 is 12.0 Å². The van der Waals surface area contributed by atoms with Crippen LogP contribution in [0.15, 0.2) is 24.3 Å². The minimum atomic E-state index is -0.922. The first-order valence-corrected chi connectivity index (χ1v) is 6.06. The molecule has 0 aliphatic rings. The molecule has 1 heterocycles. The number of aromatic amines is 1. The van der Waals surface area contributed by atoms with Crippen LogP contribution in [0.3, 0.4) is 0 Å². The molecule has 0 aliphatic carbocycles. The van der Waals surface area contributed by atoms with Crippen LogP contribution in [0.4, 0.5) is 5.69 Å². The molecule has 0 fully saturated rings. The molecule has 5 nitrogen and oxygen atoms in total. The van der Waals surface area contributed by atoms with Crippen LogP contribution in [0.2, 0.25) is 0 Å². The van der Waals surface area contributed by atoms with Gasteiger partial charge in [-0.05, 0) is 38.5 Å². The van der Waals surface area contributed by atoms with E-state index in [9.17, 15) is 9.90 Å². The van der Waals surface area contributed by atoms with Gasteiger partial charge >= 0.3 is 5.97 Å². The second-order valence-electron chi connectivity index (χ2n) is 4.63. The molecule has 100 valence electrons. The lowest BCUT2D eigenvalue weighted by Gasteiger charge is -2.16. The first-order chi connectivity index (χ1) is 8.99. The van der Waals surface area contributed by atoms with Crippen LogP contribution >= 0.6 is 0 Å². The van der Waals surface area contributed by atoms with Gasteiger partial charge in [0.2, 0.25) is 0 Å². The summed E-state index contributed by atoms with van der Waals surface area (Å²) in [5, 5.41) is 19.3. The number of hydrogen-bond donors (Lipinski definition) is 3. The van der Waals surface area contributed by atoms with E-state index in [1.807, 2.05) is 38.1 Å². The van der Waals surface area contributed by atoms with Gasteiger partial charge in [-0.3, -0.25) is 5.10 Å². The maximum Gasteiger partial charge on any atom is 0.330 e. The van der Waals surface area contributed by atoms with Crippen LogP contribution in [-0.4, -0.2) is 21.3 Å². The van der Waals surface area contributed by atoms with Gasteiger partial charge in [0, 0.05) is 16.9 Å². The number of benzene rings is 1. The van der Waals surface area contributed by atoms with Gasteiger partial charge in [-0.25, -0.2) is 4.79 Å². The third kappa shape index (κ3) is 2.76. The van der Waals surface area contributed by atoms with Gasteiger partial charge in [-0.2, -0.15) is 5.10 Å². The van der Waals surface area contributed by atoms with E-state index >= 15 is 0 Å². The summed E-state index contributed by atoms with van der Waals surface area (Å²) in [5.41, 5.74) is 4.02. The van der Waals surface area contributed by atoms with Crippen molar-refractivity contribution in [1.82, 2.24) is 10.2 Å². The maximum atomic E-state index is 11.5. The van der Waals surface area contributed by atoms with Gasteiger partial charge in [0.1, 0.15) is 0 Å². The number of aliphatic carboxylic acids is 1. The number of carboxylic acid groups (broad SMARTS) is 1. The number of aromatic nitrogens is 2. The Morgan fingerprint density at radius 2 is 2.11 bits per heavy atom. The lowest BCUT2D eigenvalue weighted by atomic mass is 10.0. The molecule has 0 bridgehead atoms. The van der Waals surface area contributed by atoms with E-state index in [1.54, 1.807) is 6.92 Å². The number of hydrogen-bond acceptors (Lipinski definition) is 3. The number of rotatable bonds is 4. The molecule has 2 aromatic rings. The third-order valence-electron chi connectivity index (χ3n) is 3.05. The van der Waals surface area contributed by atoms with E-state index in [0.717, 1.165) is 16.9 Å². The van der Waals surface area contributed by atoms with E-state index in [0.29, 0.717) is 11.3 Å². The summed E-state index contributed by atoms with van der Waals surface area (Å²) in [6.07, 6.45) is 0. The minimum absolute atomic E-state index is 0.689. The maximum absolute atomic E-state index is 11.5. The number of carboxylic acids is 1. The van der Waals surface area contributed by atoms with Crippen molar-refractivity contribution in [2.75, 3.05) is 5.32 Å². The fraction of sp³-hybridized carbons (Fsp3) is 0.286. The Balaban J connectivity index is 2.35. The molecule has 1 aromatic carbocycles. The summed E-state index contributed by atoms with van der Waals surface area (Å²) in [7, 11) is 0. The standard InChI is InChI=1S/C14H17N3O2/c1-8-5-4-6-11(7-8)15-13(14(18)19)12-9(2)16-17-10(12)3/h4-7,13,15H,1-3H3,(H,16,17)(H,18,19). The molecule has 1 aromatic heterocycles. The second-order valence-corrected chi connectivity index (χ2v) is 4.63. The number of nitrogens with zero attached hydrogens (tertiary/aromatic N) is 1. The monoisotopic (exact) mass is 259 g/mol. The van der Waals surface area contributed by atoms with Crippen LogP contribution < -0.4 is 5.32 Å². The van der Waals surface area contributed by atoms with Gasteiger partial charge < -0.3 is 10.4 Å². The number of nitrogens with one attached hydrogen (secondary N) is 2. The number of anilines is 1. The molecular formula is C14H17N3O2. The normalized spacial score (nSPS) is 12.2. The fourth-order valence-electron chi connectivity index (χ4n) is 2.14. The Hall–Kier alpha value is -2.30. The number of carbonyl (C=O) groups is 1. The van der Waals surface area contributed by atoms with Crippen LogP contribution in [0.25, 0.3) is 0 Å². The Kier molecular flexibility index (Phi) is 3.55. The lowest BCUT2D eigenvalue weighted by molar-refractivity contribution is -0.138.